The Morgan fingerprint density at radius 1 is 1.50 bits per heavy atom. The maximum Gasteiger partial charge on any atom is 0.185 e. The number of nitrogens with zero attached hydrogens (tertiary/aromatic N) is 1. The lowest BCUT2D eigenvalue weighted by Crippen LogP contribution is -1.92. The minimum Gasteiger partial charge on any atom is -0.288 e. The minimum absolute atomic E-state index is 0.0501. The molecule has 1 rings (SSSR count). The number of thiol groups is 1. The Balaban J connectivity index is 2.29. The molecule has 0 aromatic carbocycles. The van der Waals surface area contributed by atoms with Gasteiger partial charge >= 0.3 is 0 Å². The molecule has 0 N–H and O–H groups in total. The van der Waals surface area contributed by atoms with Crippen LogP contribution in [0.3, 0.4) is 0 Å². The third-order valence-electron chi connectivity index (χ3n) is 1.55. The van der Waals surface area contributed by atoms with Gasteiger partial charge in [-0.1, -0.05) is 6.07 Å². The van der Waals surface area contributed by atoms with Crippen LogP contribution in [0.15, 0.2) is 24.4 Å². The van der Waals surface area contributed by atoms with Crippen LogP contribution in [0.1, 0.15) is 18.5 Å². The van der Waals surface area contributed by atoms with Crippen LogP contribution in [-0.4, -0.2) is 10.1 Å². The van der Waals surface area contributed by atoms with Gasteiger partial charge in [-0.05, 0) is 25.0 Å². The summed E-state index contributed by atoms with van der Waals surface area (Å²) in [6.07, 6.45) is 3.98. The first kappa shape index (κ1) is 9.26. The number of rotatable bonds is 4. The normalized spacial score (nSPS) is 9.75. The molecular formula is C9H11NOS. The monoisotopic (exact) mass is 181 g/mol. The molecule has 0 saturated heterocycles. The number of aryl methyl sites for hydroxylation is 1. The molecule has 3 heteroatoms. The van der Waals surface area contributed by atoms with E-state index in [0.29, 0.717) is 6.42 Å². The lowest BCUT2D eigenvalue weighted by atomic mass is 10.2. The quantitative estimate of drug-likeness (QED) is 0.718. The van der Waals surface area contributed by atoms with Crippen molar-refractivity contribution in [3.8, 4) is 0 Å². The topological polar surface area (TPSA) is 30.0 Å². The van der Waals surface area contributed by atoms with Gasteiger partial charge in [0.2, 0.25) is 0 Å². The first-order valence-corrected chi connectivity index (χ1v) is 4.35. The summed E-state index contributed by atoms with van der Waals surface area (Å²) in [6.45, 7) is 0. The Morgan fingerprint density at radius 2 is 2.33 bits per heavy atom. The van der Waals surface area contributed by atoms with Crippen LogP contribution in [-0.2, 0) is 11.2 Å². The highest BCUT2D eigenvalue weighted by molar-refractivity contribution is 7.96. The third kappa shape index (κ3) is 3.53. The lowest BCUT2D eigenvalue weighted by Gasteiger charge is -1.96. The van der Waals surface area contributed by atoms with E-state index in [0.717, 1.165) is 18.5 Å². The molecule has 0 aliphatic heterocycles. The molecule has 0 aliphatic carbocycles. The van der Waals surface area contributed by atoms with E-state index in [4.69, 9.17) is 0 Å². The van der Waals surface area contributed by atoms with Gasteiger partial charge in [0.1, 0.15) is 0 Å². The molecule has 0 atom stereocenters. The van der Waals surface area contributed by atoms with Gasteiger partial charge in [0, 0.05) is 18.3 Å². The third-order valence-corrected chi connectivity index (χ3v) is 1.77. The van der Waals surface area contributed by atoms with Gasteiger partial charge in [-0.2, -0.15) is 0 Å². The van der Waals surface area contributed by atoms with Gasteiger partial charge in [0.25, 0.3) is 0 Å². The zero-order chi connectivity index (χ0) is 8.81. The maximum atomic E-state index is 10.5. The number of hydrogen-bond donors (Lipinski definition) is 1. The standard InChI is InChI=1S/C9H11NOS/c11-9(12)6-3-5-8-4-1-2-7-10-8/h1-2,4,7H,3,5-6H2,(H,11,12). The predicted octanol–water partition coefficient (Wildman–Crippen LogP) is 1.86. The average Bonchev–Trinajstić information content (AvgIpc) is 2.05. The molecule has 1 heterocycles. The predicted molar refractivity (Wildman–Crippen MR) is 51.2 cm³/mol. The molecule has 0 unspecified atom stereocenters. The molecule has 0 bridgehead atoms. The molecular weight excluding hydrogens is 170 g/mol. The Kier molecular flexibility index (Phi) is 3.80. The molecule has 64 valence electrons. The van der Waals surface area contributed by atoms with Crippen LogP contribution in [0, 0.1) is 0 Å². The summed E-state index contributed by atoms with van der Waals surface area (Å²) in [4.78, 5) is 14.6. The van der Waals surface area contributed by atoms with Gasteiger partial charge in [-0.25, -0.2) is 0 Å². The van der Waals surface area contributed by atoms with Gasteiger partial charge in [0.05, 0.1) is 0 Å². The van der Waals surface area contributed by atoms with E-state index in [9.17, 15) is 4.79 Å². The van der Waals surface area contributed by atoms with Crippen LogP contribution in [0.25, 0.3) is 0 Å². The van der Waals surface area contributed by atoms with Gasteiger partial charge < -0.3 is 0 Å². The van der Waals surface area contributed by atoms with Crippen molar-refractivity contribution >= 4 is 17.7 Å². The number of carbonyl (C=O) groups is 1. The molecule has 0 aliphatic rings. The summed E-state index contributed by atoms with van der Waals surface area (Å²) in [5.41, 5.74) is 1.03. The van der Waals surface area contributed by atoms with Crippen LogP contribution < -0.4 is 0 Å². The van der Waals surface area contributed by atoms with Crippen molar-refractivity contribution in [2.24, 2.45) is 0 Å². The molecule has 2 nitrogen and oxygen atoms in total. The van der Waals surface area contributed by atoms with Crippen LogP contribution in [0.5, 0.6) is 0 Å². The van der Waals surface area contributed by atoms with Crippen molar-refractivity contribution in [3.63, 3.8) is 0 Å². The summed E-state index contributed by atoms with van der Waals surface area (Å²) in [5, 5.41) is -0.0501. The number of carbonyl (C=O) groups excluding carboxylic acids is 1. The summed E-state index contributed by atoms with van der Waals surface area (Å²) in [7, 11) is 0. The first-order chi connectivity index (χ1) is 5.79. The highest BCUT2D eigenvalue weighted by Crippen LogP contribution is 2.02. The van der Waals surface area contributed by atoms with E-state index in [1.165, 1.54) is 0 Å². The summed E-state index contributed by atoms with van der Waals surface area (Å²) in [5.74, 6) is 0. The van der Waals surface area contributed by atoms with E-state index in [-0.39, 0.29) is 5.12 Å². The fraction of sp³-hybridized carbons (Fsp3) is 0.333. The zero-order valence-electron chi connectivity index (χ0n) is 6.73. The maximum absolute atomic E-state index is 10.5. The number of aromatic nitrogens is 1. The summed E-state index contributed by atoms with van der Waals surface area (Å²) in [6, 6.07) is 5.79. The van der Waals surface area contributed by atoms with Gasteiger partial charge in [-0.15, -0.1) is 12.6 Å². The van der Waals surface area contributed by atoms with Crippen molar-refractivity contribution in [1.29, 1.82) is 0 Å². The van der Waals surface area contributed by atoms with E-state index >= 15 is 0 Å². The highest BCUT2D eigenvalue weighted by atomic mass is 32.1. The second-order valence-electron chi connectivity index (χ2n) is 2.57. The van der Waals surface area contributed by atoms with E-state index < -0.39 is 0 Å². The van der Waals surface area contributed by atoms with Gasteiger partial charge in [0.15, 0.2) is 5.12 Å². The van der Waals surface area contributed by atoms with Crippen molar-refractivity contribution in [3.05, 3.63) is 30.1 Å². The first-order valence-electron chi connectivity index (χ1n) is 3.91. The van der Waals surface area contributed by atoms with Crippen molar-refractivity contribution in [2.45, 2.75) is 19.3 Å². The molecule has 1 aromatic heterocycles. The molecule has 0 amide bonds. The van der Waals surface area contributed by atoms with E-state index in [1.54, 1.807) is 6.20 Å². The molecule has 0 spiro atoms. The summed E-state index contributed by atoms with van der Waals surface area (Å²) >= 11 is 3.69. The second-order valence-corrected chi connectivity index (χ2v) is 3.07. The molecule has 0 radical (unpaired) electrons. The number of pyridine rings is 1. The van der Waals surface area contributed by atoms with Crippen LogP contribution in [0.4, 0.5) is 0 Å². The molecule has 12 heavy (non-hydrogen) atoms. The Hall–Kier alpha value is -0.830. The average molecular weight is 181 g/mol. The van der Waals surface area contributed by atoms with E-state index in [2.05, 4.69) is 17.6 Å². The SMILES string of the molecule is O=C(S)CCCc1ccccn1. The fourth-order valence-electron chi connectivity index (χ4n) is 0.967. The number of hydrogen-bond acceptors (Lipinski definition) is 2. The molecule has 1 aromatic rings. The largest absolute Gasteiger partial charge is 0.288 e. The summed E-state index contributed by atoms with van der Waals surface area (Å²) < 4.78 is 0. The van der Waals surface area contributed by atoms with Crippen LogP contribution in [0.2, 0.25) is 0 Å². The smallest absolute Gasteiger partial charge is 0.185 e. The van der Waals surface area contributed by atoms with Crippen LogP contribution >= 0.6 is 12.6 Å². The Morgan fingerprint density at radius 3 is 2.92 bits per heavy atom. The van der Waals surface area contributed by atoms with Gasteiger partial charge in [-0.3, -0.25) is 9.78 Å². The zero-order valence-corrected chi connectivity index (χ0v) is 7.63. The molecule has 0 fully saturated rings. The fourth-order valence-corrected chi connectivity index (χ4v) is 1.12. The Bertz CT molecular complexity index is 248. The second kappa shape index (κ2) is 4.93. The van der Waals surface area contributed by atoms with Crippen molar-refractivity contribution in [1.82, 2.24) is 4.98 Å². The highest BCUT2D eigenvalue weighted by Gasteiger charge is 1.96. The molecule has 0 saturated carbocycles. The lowest BCUT2D eigenvalue weighted by molar-refractivity contribution is -0.110. The Labute approximate surface area is 77.4 Å². The van der Waals surface area contributed by atoms with E-state index in [1.807, 2.05) is 18.2 Å². The van der Waals surface area contributed by atoms with Crippen molar-refractivity contribution in [2.75, 3.05) is 0 Å². The minimum atomic E-state index is -0.0501. The van der Waals surface area contributed by atoms with Crippen molar-refractivity contribution < 1.29 is 4.79 Å².